The molecule has 1 aromatic rings. The van der Waals surface area contributed by atoms with Gasteiger partial charge in [-0.1, -0.05) is 0 Å². The standard InChI is InChI=1S/C14H19BrN2O5/c1-9-5-11(15)22-13(9)14(20)17-3-4-21-10(7-17)6-16(2)8-12(18)19/h5,10H,3-4,6-8H2,1-2H3,(H,18,19). The molecule has 1 aromatic heterocycles. The van der Waals surface area contributed by atoms with Crippen molar-refractivity contribution in [2.45, 2.75) is 13.0 Å². The minimum Gasteiger partial charge on any atom is -0.480 e. The lowest BCUT2D eigenvalue weighted by Gasteiger charge is -2.34. The lowest BCUT2D eigenvalue weighted by molar-refractivity contribution is -0.138. The van der Waals surface area contributed by atoms with Gasteiger partial charge in [-0.05, 0) is 36.0 Å². The molecule has 1 amide bonds. The number of ether oxygens (including phenoxy) is 1. The SMILES string of the molecule is Cc1cc(Br)oc1C(=O)N1CCOC(CN(C)CC(=O)O)C1. The highest BCUT2D eigenvalue weighted by Gasteiger charge is 2.28. The number of halogens is 1. The van der Waals surface area contributed by atoms with E-state index < -0.39 is 5.97 Å². The topological polar surface area (TPSA) is 83.2 Å². The summed E-state index contributed by atoms with van der Waals surface area (Å²) in [5, 5.41) is 8.77. The summed E-state index contributed by atoms with van der Waals surface area (Å²) in [6, 6.07) is 1.76. The lowest BCUT2D eigenvalue weighted by Crippen LogP contribution is -2.49. The third-order valence-electron chi connectivity index (χ3n) is 3.43. The molecule has 7 nitrogen and oxygen atoms in total. The van der Waals surface area contributed by atoms with Crippen LogP contribution >= 0.6 is 15.9 Å². The maximum Gasteiger partial charge on any atom is 0.317 e. The van der Waals surface area contributed by atoms with Gasteiger partial charge < -0.3 is 19.2 Å². The zero-order valence-electron chi connectivity index (χ0n) is 12.5. The van der Waals surface area contributed by atoms with E-state index in [2.05, 4.69) is 15.9 Å². The Morgan fingerprint density at radius 3 is 2.86 bits per heavy atom. The van der Waals surface area contributed by atoms with Crippen LogP contribution in [0.1, 0.15) is 16.1 Å². The van der Waals surface area contributed by atoms with Gasteiger partial charge in [0, 0.05) is 25.2 Å². The number of carbonyl (C=O) groups is 2. The molecule has 1 saturated heterocycles. The molecule has 8 heteroatoms. The Labute approximate surface area is 136 Å². The molecule has 122 valence electrons. The van der Waals surface area contributed by atoms with Crippen molar-refractivity contribution in [1.82, 2.24) is 9.80 Å². The number of aliphatic carboxylic acids is 1. The number of carbonyl (C=O) groups excluding carboxylic acids is 1. The van der Waals surface area contributed by atoms with Crippen molar-refractivity contribution in [1.29, 1.82) is 0 Å². The molecule has 1 fully saturated rings. The number of carboxylic acid groups (broad SMARTS) is 1. The molecule has 0 saturated carbocycles. The fraction of sp³-hybridized carbons (Fsp3) is 0.571. The molecule has 0 aromatic carbocycles. The normalized spacial score (nSPS) is 18.7. The molecule has 1 aliphatic rings. The van der Waals surface area contributed by atoms with Crippen molar-refractivity contribution in [3.63, 3.8) is 0 Å². The highest BCUT2D eigenvalue weighted by atomic mass is 79.9. The number of morpholine rings is 1. The quantitative estimate of drug-likeness (QED) is 0.833. The Hall–Kier alpha value is -1.38. The van der Waals surface area contributed by atoms with Crippen molar-refractivity contribution in [2.24, 2.45) is 0 Å². The van der Waals surface area contributed by atoms with Crippen molar-refractivity contribution in [3.05, 3.63) is 22.1 Å². The molecule has 2 rings (SSSR count). The Kier molecular flexibility index (Phi) is 5.60. The van der Waals surface area contributed by atoms with Crippen molar-refractivity contribution >= 4 is 27.8 Å². The second-order valence-corrected chi connectivity index (χ2v) is 6.18. The minimum absolute atomic E-state index is 0.0575. The summed E-state index contributed by atoms with van der Waals surface area (Å²) in [4.78, 5) is 26.5. The number of furan rings is 1. The fourth-order valence-corrected chi connectivity index (χ4v) is 2.96. The number of carboxylic acids is 1. The Morgan fingerprint density at radius 2 is 2.27 bits per heavy atom. The first-order valence-corrected chi connectivity index (χ1v) is 7.73. The van der Waals surface area contributed by atoms with Gasteiger partial charge >= 0.3 is 5.97 Å². The third-order valence-corrected chi connectivity index (χ3v) is 3.82. The van der Waals surface area contributed by atoms with Crippen LogP contribution in [0.25, 0.3) is 0 Å². The van der Waals surface area contributed by atoms with E-state index in [9.17, 15) is 9.59 Å². The van der Waals surface area contributed by atoms with Gasteiger partial charge in [0.15, 0.2) is 10.4 Å². The summed E-state index contributed by atoms with van der Waals surface area (Å²) >= 11 is 3.22. The Balaban J connectivity index is 1.96. The fourth-order valence-electron chi connectivity index (χ4n) is 2.46. The minimum atomic E-state index is -0.887. The second kappa shape index (κ2) is 7.26. The zero-order chi connectivity index (χ0) is 16.3. The second-order valence-electron chi connectivity index (χ2n) is 5.40. The van der Waals surface area contributed by atoms with E-state index in [0.29, 0.717) is 36.7 Å². The first-order chi connectivity index (χ1) is 10.4. The van der Waals surface area contributed by atoms with Crippen LogP contribution in [0.5, 0.6) is 0 Å². The van der Waals surface area contributed by atoms with E-state index in [-0.39, 0.29) is 18.6 Å². The van der Waals surface area contributed by atoms with Crippen LogP contribution in [0.2, 0.25) is 0 Å². The van der Waals surface area contributed by atoms with Gasteiger partial charge in [0.25, 0.3) is 5.91 Å². The monoisotopic (exact) mass is 374 g/mol. The number of hydrogen-bond acceptors (Lipinski definition) is 5. The highest BCUT2D eigenvalue weighted by molar-refractivity contribution is 9.10. The van der Waals surface area contributed by atoms with E-state index in [0.717, 1.165) is 5.56 Å². The summed E-state index contributed by atoms with van der Waals surface area (Å²) in [6.07, 6.45) is -0.208. The number of rotatable bonds is 5. The number of nitrogens with zero attached hydrogens (tertiary/aromatic N) is 2. The molecule has 0 bridgehead atoms. The summed E-state index contributed by atoms with van der Waals surface area (Å²) in [5.41, 5.74) is 0.780. The number of likely N-dealkylation sites (N-methyl/N-ethyl adjacent to an activating group) is 1. The maximum absolute atomic E-state index is 12.5. The summed E-state index contributed by atoms with van der Waals surface area (Å²) in [5.74, 6) is -0.730. The average Bonchev–Trinajstić information content (AvgIpc) is 2.76. The average molecular weight is 375 g/mol. The van der Waals surface area contributed by atoms with Crippen LogP contribution in [-0.2, 0) is 9.53 Å². The predicted molar refractivity (Wildman–Crippen MR) is 81.9 cm³/mol. The number of aryl methyl sites for hydroxylation is 1. The summed E-state index contributed by atoms with van der Waals surface area (Å²) in [6.45, 7) is 3.56. The smallest absolute Gasteiger partial charge is 0.317 e. The summed E-state index contributed by atoms with van der Waals surface area (Å²) in [7, 11) is 1.71. The molecule has 22 heavy (non-hydrogen) atoms. The van der Waals surface area contributed by atoms with E-state index in [1.165, 1.54) is 0 Å². The first-order valence-electron chi connectivity index (χ1n) is 6.94. The van der Waals surface area contributed by atoms with Gasteiger partial charge in [-0.15, -0.1) is 0 Å². The van der Waals surface area contributed by atoms with Gasteiger partial charge in [0.05, 0.1) is 19.3 Å². The lowest BCUT2D eigenvalue weighted by atomic mass is 10.2. The van der Waals surface area contributed by atoms with Gasteiger partial charge in [-0.25, -0.2) is 0 Å². The van der Waals surface area contributed by atoms with E-state index in [4.69, 9.17) is 14.3 Å². The Morgan fingerprint density at radius 1 is 1.55 bits per heavy atom. The Bertz CT molecular complexity index is 559. The molecular formula is C14H19BrN2O5. The molecule has 0 aliphatic carbocycles. The molecule has 2 heterocycles. The maximum atomic E-state index is 12.5. The molecule has 1 atom stereocenters. The van der Waals surface area contributed by atoms with Crippen LogP contribution in [0.4, 0.5) is 0 Å². The third kappa shape index (κ3) is 4.31. The largest absolute Gasteiger partial charge is 0.480 e. The van der Waals surface area contributed by atoms with Gasteiger partial charge in [-0.2, -0.15) is 0 Å². The summed E-state index contributed by atoms with van der Waals surface area (Å²) < 4.78 is 11.5. The van der Waals surface area contributed by atoms with Crippen LogP contribution in [0.3, 0.4) is 0 Å². The van der Waals surface area contributed by atoms with Crippen molar-refractivity contribution in [3.8, 4) is 0 Å². The van der Waals surface area contributed by atoms with Gasteiger partial charge in [0.1, 0.15) is 0 Å². The van der Waals surface area contributed by atoms with Crippen LogP contribution < -0.4 is 0 Å². The van der Waals surface area contributed by atoms with E-state index >= 15 is 0 Å². The van der Waals surface area contributed by atoms with Gasteiger partial charge in [-0.3, -0.25) is 14.5 Å². The molecule has 1 N–H and O–H groups in total. The zero-order valence-corrected chi connectivity index (χ0v) is 14.1. The van der Waals surface area contributed by atoms with Crippen LogP contribution in [0, 0.1) is 6.92 Å². The molecule has 1 unspecified atom stereocenters. The van der Waals surface area contributed by atoms with E-state index in [1.54, 1.807) is 22.9 Å². The molecule has 0 radical (unpaired) electrons. The van der Waals surface area contributed by atoms with Crippen LogP contribution in [-0.4, -0.2) is 72.7 Å². The number of amides is 1. The molecule has 1 aliphatic heterocycles. The van der Waals surface area contributed by atoms with Crippen molar-refractivity contribution < 1.29 is 23.8 Å². The van der Waals surface area contributed by atoms with E-state index in [1.807, 2.05) is 6.92 Å². The first kappa shape index (κ1) is 17.0. The molecular weight excluding hydrogens is 356 g/mol. The highest BCUT2D eigenvalue weighted by Crippen LogP contribution is 2.22. The van der Waals surface area contributed by atoms with Gasteiger partial charge in [0.2, 0.25) is 0 Å². The van der Waals surface area contributed by atoms with Crippen molar-refractivity contribution in [2.75, 3.05) is 39.8 Å². The number of hydrogen-bond donors (Lipinski definition) is 1. The molecule has 0 spiro atoms. The van der Waals surface area contributed by atoms with Crippen LogP contribution in [0.15, 0.2) is 15.2 Å². The predicted octanol–water partition coefficient (Wildman–Crippen LogP) is 1.21.